The van der Waals surface area contributed by atoms with Gasteiger partial charge in [-0.1, -0.05) is 0 Å². The molecule has 4 heteroatoms. The van der Waals surface area contributed by atoms with Crippen LogP contribution in [0.5, 0.6) is 0 Å². The van der Waals surface area contributed by atoms with Crippen LogP contribution in [0.25, 0.3) is 0 Å². The first-order valence-electron chi connectivity index (χ1n) is 0.289. The van der Waals surface area contributed by atoms with Crippen molar-refractivity contribution in [2.45, 2.75) is 0 Å². The van der Waals surface area contributed by atoms with Crippen LogP contribution in [-0.4, -0.2) is 39.3 Å². The van der Waals surface area contributed by atoms with Crippen molar-refractivity contribution in [1.29, 1.82) is 0 Å². The Morgan fingerprint density at radius 1 is 1.50 bits per heavy atom. The first-order valence-corrected chi connectivity index (χ1v) is 0.866. The smallest absolute Gasteiger partial charge is 0 e. The van der Waals surface area contributed by atoms with E-state index >= 15 is 0 Å². The quantitative estimate of drug-likeness (QED) is 0.373. The molecule has 0 aliphatic heterocycles. The maximum atomic E-state index is 8.28. The first kappa shape index (κ1) is 16.7. The van der Waals surface area contributed by atoms with E-state index in [1.165, 1.54) is 0 Å². The average molecular weight is 115 g/mol. The van der Waals surface area contributed by atoms with Gasteiger partial charge in [0, 0.05) is 25.8 Å². The molecule has 0 spiro atoms. The minimum Gasteiger partial charge on any atom is 0 e. The zero-order valence-electron chi connectivity index (χ0n) is 4.40. The summed E-state index contributed by atoms with van der Waals surface area (Å²) in [4.78, 5) is 0. The molecule has 0 amide bonds. The van der Waals surface area contributed by atoms with Gasteiger partial charge in [0.25, 0.3) is 0 Å². The zero-order chi connectivity index (χ0) is 2.00. The molecule has 0 unspecified atom stereocenters. The van der Waals surface area contributed by atoms with Crippen molar-refractivity contribution < 1.29 is 32.5 Å². The molecule has 0 aromatic rings. The van der Waals surface area contributed by atoms with Crippen molar-refractivity contribution >= 4 is 39.3 Å². The Kier molecular flexibility index (Phi) is 84.4. The van der Waals surface area contributed by atoms with E-state index < -0.39 is 0 Å². The van der Waals surface area contributed by atoms with E-state index in [9.17, 15) is 0 Å². The van der Waals surface area contributed by atoms with E-state index in [4.69, 9.17) is 3.80 Å². The molecule has 0 bridgehead atoms. The van der Waals surface area contributed by atoms with E-state index in [1.54, 1.807) is 0 Å². The molecule has 0 saturated carbocycles. The summed E-state index contributed by atoms with van der Waals surface area (Å²) in [5.41, 5.74) is 0. The molecular formula is H3AlMgOSc. The Morgan fingerprint density at radius 2 is 1.50 bits per heavy atom. The Morgan fingerprint density at radius 3 is 1.50 bits per heavy atom. The van der Waals surface area contributed by atoms with Crippen LogP contribution in [0.4, 0.5) is 0 Å². The van der Waals surface area contributed by atoms with E-state index in [0.717, 1.165) is 0 Å². The second-order valence-electron chi connectivity index (χ2n) is 0. The second kappa shape index (κ2) is 20.2. The SMILES string of the molecule is [H-].[H-].[Mg+2].[O]=[AlH].[Sc]. The van der Waals surface area contributed by atoms with Crippen LogP contribution < -0.4 is 0 Å². The first-order chi connectivity index (χ1) is 1.00. The summed E-state index contributed by atoms with van der Waals surface area (Å²) in [6.07, 6.45) is 0. The topological polar surface area (TPSA) is 17.1 Å². The van der Waals surface area contributed by atoms with Gasteiger partial charge in [-0.15, -0.1) is 0 Å². The van der Waals surface area contributed by atoms with E-state index in [1.807, 2.05) is 0 Å². The largest absolute Gasteiger partial charge is 0 e. The van der Waals surface area contributed by atoms with Crippen LogP contribution in [0.2, 0.25) is 0 Å². The van der Waals surface area contributed by atoms with Crippen LogP contribution in [0, 0.1) is 0 Å². The van der Waals surface area contributed by atoms with E-state index in [0.29, 0.717) is 16.2 Å². The predicted octanol–water partition coefficient (Wildman–Crippen LogP) is -0.926. The molecule has 0 atom stereocenters. The predicted molar refractivity (Wildman–Crippen MR) is 15.8 cm³/mol. The maximum absolute atomic E-state index is 8.28. The Balaban J connectivity index is -0.000000000833. The molecule has 0 heterocycles. The van der Waals surface area contributed by atoms with Gasteiger partial charge in [-0.3, -0.25) is 0 Å². The Labute approximate surface area is 71.1 Å². The van der Waals surface area contributed by atoms with E-state index in [-0.39, 0.29) is 51.7 Å². The number of hydrogen-bond donors (Lipinski definition) is 0. The minimum absolute atomic E-state index is 0. The summed E-state index contributed by atoms with van der Waals surface area (Å²) in [5, 5.41) is 0. The molecule has 0 fully saturated rings. The van der Waals surface area contributed by atoms with Gasteiger partial charge in [0.15, 0.2) is 0 Å². The van der Waals surface area contributed by atoms with Crippen LogP contribution >= 0.6 is 0 Å². The van der Waals surface area contributed by atoms with E-state index in [2.05, 4.69) is 0 Å². The molecule has 0 aromatic carbocycles. The Hall–Kier alpha value is 1.97. The third-order valence-electron chi connectivity index (χ3n) is 0. The van der Waals surface area contributed by atoms with Crippen molar-refractivity contribution in [3.63, 3.8) is 0 Å². The summed E-state index contributed by atoms with van der Waals surface area (Å²) in [5.74, 6) is 0. The van der Waals surface area contributed by atoms with Crippen molar-refractivity contribution in [3.05, 3.63) is 0 Å². The molecule has 1 radical (unpaired) electrons. The minimum atomic E-state index is 0. The van der Waals surface area contributed by atoms with Crippen molar-refractivity contribution in [2.75, 3.05) is 0 Å². The monoisotopic (exact) mass is 115 g/mol. The third-order valence-corrected chi connectivity index (χ3v) is 0. The fourth-order valence-electron chi connectivity index (χ4n) is 0. The number of rotatable bonds is 0. The standard InChI is InChI=1S/Al.Mg.O.Sc.3H/q;+2;;;;2*-1. The molecule has 0 N–H and O–H groups in total. The van der Waals surface area contributed by atoms with Gasteiger partial charge in [0.05, 0.1) is 0 Å². The van der Waals surface area contributed by atoms with Gasteiger partial charge in [0.2, 0.25) is 0 Å². The van der Waals surface area contributed by atoms with Gasteiger partial charge >= 0.3 is 43.1 Å². The molecule has 0 rings (SSSR count). The molecule has 4 heavy (non-hydrogen) atoms. The fraction of sp³-hybridized carbons (Fsp3) is 0. The summed E-state index contributed by atoms with van der Waals surface area (Å²) in [6, 6.07) is 0. The van der Waals surface area contributed by atoms with Crippen LogP contribution in [0.3, 0.4) is 0 Å². The normalized spacial score (nSPS) is 0.750. The summed E-state index contributed by atoms with van der Waals surface area (Å²) in [6.45, 7) is 0. The molecule has 1 nitrogen and oxygen atoms in total. The molecular weight excluding hydrogens is 112 g/mol. The summed E-state index contributed by atoms with van der Waals surface area (Å²) < 4.78 is 8.28. The van der Waals surface area contributed by atoms with Gasteiger partial charge in [-0.25, -0.2) is 0 Å². The van der Waals surface area contributed by atoms with Gasteiger partial charge in [-0.05, 0) is 0 Å². The van der Waals surface area contributed by atoms with Crippen molar-refractivity contribution in [3.8, 4) is 0 Å². The van der Waals surface area contributed by atoms with Crippen LogP contribution in [0.1, 0.15) is 2.85 Å². The molecule has 0 aromatic heterocycles. The Bertz CT molecular complexity index is 13.5. The third kappa shape index (κ3) is 9.02. The maximum Gasteiger partial charge on any atom is 0 e. The molecule has 17 valence electrons. The second-order valence-corrected chi connectivity index (χ2v) is 0. The summed E-state index contributed by atoms with van der Waals surface area (Å²) >= 11 is 0.611. The molecule has 0 aliphatic rings. The molecule has 0 saturated heterocycles. The van der Waals surface area contributed by atoms with Gasteiger partial charge in [0.1, 0.15) is 0 Å². The number of hydrogen-bond acceptors (Lipinski definition) is 1. The molecule has 0 aliphatic carbocycles. The van der Waals surface area contributed by atoms with Crippen LogP contribution in [0.15, 0.2) is 0 Å². The fourth-order valence-corrected chi connectivity index (χ4v) is 0. The zero-order valence-corrected chi connectivity index (χ0v) is 7.03. The summed E-state index contributed by atoms with van der Waals surface area (Å²) in [7, 11) is 0. The van der Waals surface area contributed by atoms with Crippen molar-refractivity contribution in [1.82, 2.24) is 0 Å². The van der Waals surface area contributed by atoms with Crippen LogP contribution in [-0.2, 0) is 29.6 Å². The average Bonchev–Trinajstić information content (AvgIpc) is 1.00. The van der Waals surface area contributed by atoms with Gasteiger partial charge in [-0.2, -0.15) is 0 Å². The van der Waals surface area contributed by atoms with Gasteiger partial charge < -0.3 is 2.85 Å². The van der Waals surface area contributed by atoms with Crippen molar-refractivity contribution in [2.24, 2.45) is 0 Å².